The summed E-state index contributed by atoms with van der Waals surface area (Å²) in [6, 6.07) is 7.04. The number of phenols is 2. The van der Waals surface area contributed by atoms with Gasteiger partial charge in [0.15, 0.2) is 0 Å². The molecule has 0 amide bonds. The summed E-state index contributed by atoms with van der Waals surface area (Å²) >= 11 is 0. The average molecular weight is 439 g/mol. The van der Waals surface area contributed by atoms with Gasteiger partial charge in [0, 0.05) is 29.3 Å². The number of hydrogen-bond acceptors (Lipinski definition) is 5. The van der Waals surface area contributed by atoms with Crippen LogP contribution in [-0.2, 0) is 0 Å². The molecule has 0 atom stereocenters. The molecule has 3 aliphatic heterocycles. The van der Waals surface area contributed by atoms with Gasteiger partial charge in [-0.2, -0.15) is 0 Å². The number of nitrogens with zero attached hydrogens (tertiary/aromatic N) is 2. The van der Waals surface area contributed by atoms with E-state index in [9.17, 15) is 10.2 Å². The molecule has 1 aromatic carbocycles. The molecule has 5 nitrogen and oxygen atoms in total. The highest BCUT2D eigenvalue weighted by molar-refractivity contribution is 6.24. The minimum absolute atomic E-state index is 0.00561. The van der Waals surface area contributed by atoms with Crippen molar-refractivity contribution in [2.24, 2.45) is 9.98 Å². The Balaban J connectivity index is 1.83. The number of aliphatic imine (C=N–C) groups is 2. The van der Waals surface area contributed by atoms with Crippen molar-refractivity contribution in [2.75, 3.05) is 0 Å². The maximum atomic E-state index is 10.6. The maximum Gasteiger partial charge on any atom is 0.129 e. The lowest BCUT2D eigenvalue weighted by Gasteiger charge is -2.08. The zero-order chi connectivity index (χ0) is 23.3. The van der Waals surface area contributed by atoms with E-state index in [4.69, 9.17) is 14.4 Å². The molecular formula is C28H26N2O3. The molecule has 166 valence electrons. The van der Waals surface area contributed by atoms with E-state index in [-0.39, 0.29) is 11.5 Å². The number of benzene rings is 1. The zero-order valence-corrected chi connectivity index (χ0v) is 19.2. The Hall–Kier alpha value is -3.86. The van der Waals surface area contributed by atoms with Crippen molar-refractivity contribution >= 4 is 35.7 Å². The monoisotopic (exact) mass is 438 g/mol. The number of phenolic OH excluding ortho intramolecular Hbond substituents is 2. The minimum atomic E-state index is 0.00561. The fraction of sp³-hybridized carbons (Fsp3) is 0.214. The van der Waals surface area contributed by atoms with Crippen molar-refractivity contribution in [3.63, 3.8) is 0 Å². The van der Waals surface area contributed by atoms with Crippen LogP contribution in [0.1, 0.15) is 51.7 Å². The van der Waals surface area contributed by atoms with Crippen LogP contribution in [0.15, 0.2) is 72.4 Å². The SMILES string of the molecule is CCC1=C(C)C2=NC1=Cc1cc(c(O)cc1O)C=C1N=C(C=c3ccc(o3)=C2)C(C)=C1CC. The second kappa shape index (κ2) is 7.93. The summed E-state index contributed by atoms with van der Waals surface area (Å²) in [5.41, 5.74) is 10.3. The summed E-state index contributed by atoms with van der Waals surface area (Å²) in [4.78, 5) is 9.67. The van der Waals surface area contributed by atoms with Crippen molar-refractivity contribution < 1.29 is 14.6 Å². The number of hydrogen-bond donors (Lipinski definition) is 2. The van der Waals surface area contributed by atoms with E-state index in [0.29, 0.717) is 11.1 Å². The first-order valence-corrected chi connectivity index (χ1v) is 11.2. The topological polar surface area (TPSA) is 78.3 Å². The average Bonchev–Trinajstić information content (AvgIpc) is 3.42. The van der Waals surface area contributed by atoms with Crippen molar-refractivity contribution in [1.82, 2.24) is 0 Å². The zero-order valence-electron chi connectivity index (χ0n) is 19.2. The fourth-order valence-corrected chi connectivity index (χ4v) is 4.60. The van der Waals surface area contributed by atoms with E-state index < -0.39 is 0 Å². The van der Waals surface area contributed by atoms with Gasteiger partial charge in [0.2, 0.25) is 0 Å². The van der Waals surface area contributed by atoms with Gasteiger partial charge in [0.25, 0.3) is 0 Å². The molecule has 0 saturated heterocycles. The molecule has 2 aromatic rings. The smallest absolute Gasteiger partial charge is 0.129 e. The second-order valence-corrected chi connectivity index (χ2v) is 8.47. The number of fused-ring (bicyclic) bond motifs is 6. The molecule has 33 heavy (non-hydrogen) atoms. The molecule has 2 N–H and O–H groups in total. The third kappa shape index (κ3) is 3.59. The first-order valence-electron chi connectivity index (χ1n) is 11.2. The van der Waals surface area contributed by atoms with Crippen LogP contribution in [-0.4, -0.2) is 21.6 Å². The van der Waals surface area contributed by atoms with Gasteiger partial charge < -0.3 is 14.6 Å². The van der Waals surface area contributed by atoms with Crippen LogP contribution in [0.3, 0.4) is 0 Å². The van der Waals surface area contributed by atoms with Crippen LogP contribution < -0.4 is 10.8 Å². The molecule has 3 aliphatic rings. The summed E-state index contributed by atoms with van der Waals surface area (Å²) in [6.07, 6.45) is 9.26. The molecule has 0 saturated carbocycles. The second-order valence-electron chi connectivity index (χ2n) is 8.47. The largest absolute Gasteiger partial charge is 0.507 e. The molecule has 0 spiro atoms. The Kier molecular flexibility index (Phi) is 5.05. The van der Waals surface area contributed by atoms with Crippen LogP contribution in [0.4, 0.5) is 0 Å². The lowest BCUT2D eigenvalue weighted by atomic mass is 9.99. The molecule has 0 aliphatic carbocycles. The molecule has 4 heterocycles. The van der Waals surface area contributed by atoms with Crippen molar-refractivity contribution in [3.8, 4) is 11.5 Å². The summed E-state index contributed by atoms with van der Waals surface area (Å²) in [5, 5.41) is 21.1. The number of furan rings is 1. The van der Waals surface area contributed by atoms with Gasteiger partial charge >= 0.3 is 0 Å². The van der Waals surface area contributed by atoms with Crippen molar-refractivity contribution in [1.29, 1.82) is 0 Å². The molecule has 8 bridgehead atoms. The first kappa shape index (κ1) is 21.0. The highest BCUT2D eigenvalue weighted by Crippen LogP contribution is 2.37. The molecule has 0 fully saturated rings. The van der Waals surface area contributed by atoms with Crippen LogP contribution in [0.5, 0.6) is 11.5 Å². The van der Waals surface area contributed by atoms with Gasteiger partial charge in [0.05, 0.1) is 22.8 Å². The van der Waals surface area contributed by atoms with Gasteiger partial charge in [-0.15, -0.1) is 0 Å². The Morgan fingerprint density at radius 2 is 1.15 bits per heavy atom. The van der Waals surface area contributed by atoms with Gasteiger partial charge in [-0.25, -0.2) is 9.98 Å². The van der Waals surface area contributed by atoms with E-state index >= 15 is 0 Å². The lowest BCUT2D eigenvalue weighted by Crippen LogP contribution is -2.06. The highest BCUT2D eigenvalue weighted by Gasteiger charge is 2.21. The maximum absolute atomic E-state index is 10.6. The molecular weight excluding hydrogens is 412 g/mol. The van der Waals surface area contributed by atoms with Gasteiger partial charge in [0.1, 0.15) is 22.3 Å². The number of aromatic hydroxyl groups is 2. The third-order valence-corrected chi connectivity index (χ3v) is 6.45. The molecule has 1 aromatic heterocycles. The van der Waals surface area contributed by atoms with Gasteiger partial charge in [-0.1, -0.05) is 13.8 Å². The number of rotatable bonds is 2. The lowest BCUT2D eigenvalue weighted by molar-refractivity contribution is 0.449. The van der Waals surface area contributed by atoms with E-state index in [2.05, 4.69) is 27.7 Å². The number of allylic oxidation sites excluding steroid dienone is 4. The Labute approximate surface area is 192 Å². The van der Waals surface area contributed by atoms with E-state index in [0.717, 1.165) is 68.8 Å². The predicted octanol–water partition coefficient (Wildman–Crippen LogP) is 5.01. The predicted molar refractivity (Wildman–Crippen MR) is 133 cm³/mol. The Morgan fingerprint density at radius 1 is 0.697 bits per heavy atom. The van der Waals surface area contributed by atoms with E-state index in [1.54, 1.807) is 6.07 Å². The van der Waals surface area contributed by atoms with Gasteiger partial charge in [-0.05, 0) is 79.3 Å². The molecule has 0 unspecified atom stereocenters. The molecule has 5 rings (SSSR count). The van der Waals surface area contributed by atoms with Crippen molar-refractivity contribution in [2.45, 2.75) is 40.5 Å². The molecule has 5 heteroatoms. The highest BCUT2D eigenvalue weighted by atomic mass is 16.3. The standard InChI is InChI=1S/C28H26N2O3/c1-5-21-15(3)23-12-19-7-8-20(33-19)13-24-16(4)22(6-2)26(30-24)11-18-9-17(10-25(21)29-23)27(31)14-28(18)32/h7-14,31-32H,5-6H2,1-4H3. The Bertz CT molecular complexity index is 1400. The van der Waals surface area contributed by atoms with E-state index in [1.807, 2.05) is 36.4 Å². The van der Waals surface area contributed by atoms with E-state index in [1.165, 1.54) is 6.07 Å². The summed E-state index contributed by atoms with van der Waals surface area (Å²) in [6.45, 7) is 8.30. The summed E-state index contributed by atoms with van der Waals surface area (Å²) in [7, 11) is 0. The first-order chi connectivity index (χ1) is 15.9. The normalized spacial score (nSPS) is 17.3. The van der Waals surface area contributed by atoms with Crippen LogP contribution in [0, 0.1) is 0 Å². The Morgan fingerprint density at radius 3 is 1.58 bits per heavy atom. The van der Waals surface area contributed by atoms with Crippen LogP contribution in [0.2, 0.25) is 0 Å². The summed E-state index contributed by atoms with van der Waals surface area (Å²) in [5.74, 6) is 0.0112. The van der Waals surface area contributed by atoms with Gasteiger partial charge in [-0.3, -0.25) is 0 Å². The summed E-state index contributed by atoms with van der Waals surface area (Å²) < 4.78 is 6.06. The fourth-order valence-electron chi connectivity index (χ4n) is 4.60. The van der Waals surface area contributed by atoms with Crippen LogP contribution >= 0.6 is 0 Å². The quantitative estimate of drug-likeness (QED) is 0.692. The van der Waals surface area contributed by atoms with Crippen LogP contribution in [0.25, 0.3) is 24.3 Å². The van der Waals surface area contributed by atoms with Crippen molar-refractivity contribution in [3.05, 3.63) is 79.9 Å². The molecule has 0 radical (unpaired) electrons. The minimum Gasteiger partial charge on any atom is -0.507 e. The third-order valence-electron chi connectivity index (χ3n) is 6.45.